The van der Waals surface area contributed by atoms with E-state index in [9.17, 15) is 25.2 Å². The maximum absolute atomic E-state index is 12.5. The molecule has 1 aliphatic carbocycles. The number of unbranched alkanes of at least 4 members (excludes halogenated alkanes) is 1. The largest absolute Gasteiger partial charge is 0.496 e. The first kappa shape index (κ1) is 36.0. The van der Waals surface area contributed by atoms with Crippen molar-refractivity contribution in [2.45, 2.75) is 75.0 Å². The number of rotatable bonds is 17. The van der Waals surface area contributed by atoms with E-state index in [4.69, 9.17) is 33.0 Å². The van der Waals surface area contributed by atoms with Gasteiger partial charge in [0.2, 0.25) is 5.91 Å². The first-order chi connectivity index (χ1) is 22.0. The summed E-state index contributed by atoms with van der Waals surface area (Å²) >= 11 is 13.4. The van der Waals surface area contributed by atoms with Crippen molar-refractivity contribution < 1.29 is 35.1 Å². The fourth-order valence-electron chi connectivity index (χ4n) is 5.60. The third-order valence-electron chi connectivity index (χ3n) is 8.62. The Hall–Kier alpha value is -2.80. The Balaban J connectivity index is 1.30. The van der Waals surface area contributed by atoms with Crippen LogP contribution in [-0.4, -0.2) is 93.0 Å². The van der Waals surface area contributed by atoms with Crippen LogP contribution in [0.25, 0.3) is 11.1 Å². The Kier molecular flexibility index (Phi) is 12.8. The van der Waals surface area contributed by atoms with Crippen molar-refractivity contribution in [3.63, 3.8) is 0 Å². The van der Waals surface area contributed by atoms with Gasteiger partial charge in [0.15, 0.2) is 0 Å². The molecule has 4 atom stereocenters. The number of nitrogens with zero attached hydrogens (tertiary/aromatic N) is 2. The van der Waals surface area contributed by atoms with Gasteiger partial charge in [-0.15, -0.1) is 0 Å². The molecule has 1 heterocycles. The number of halogens is 2. The summed E-state index contributed by atoms with van der Waals surface area (Å²) in [4.78, 5) is 18.2. The molecule has 3 aromatic rings. The van der Waals surface area contributed by atoms with Crippen LogP contribution in [0, 0.1) is 0 Å². The van der Waals surface area contributed by atoms with Gasteiger partial charge >= 0.3 is 0 Å². The second-order valence-electron chi connectivity index (χ2n) is 11.9. The number of benzene rings is 2. The first-order valence-electron chi connectivity index (χ1n) is 15.4. The van der Waals surface area contributed by atoms with Crippen LogP contribution in [0.15, 0.2) is 54.9 Å². The van der Waals surface area contributed by atoms with Crippen LogP contribution in [0.5, 0.6) is 5.75 Å². The van der Waals surface area contributed by atoms with E-state index >= 15 is 0 Å². The maximum Gasteiger partial charge on any atom is 0.222 e. The number of para-hydroxylation sites is 1. The second-order valence-corrected chi connectivity index (χ2v) is 12.7. The molecule has 6 N–H and O–H groups in total. The average Bonchev–Trinajstić information content (AvgIpc) is 3.86. The highest BCUT2D eigenvalue weighted by Gasteiger charge is 2.45. The lowest BCUT2D eigenvalue weighted by molar-refractivity contribution is -0.138. The molecule has 1 fully saturated rings. The molecule has 4 rings (SSSR count). The van der Waals surface area contributed by atoms with Gasteiger partial charge in [0.05, 0.1) is 13.7 Å². The van der Waals surface area contributed by atoms with Gasteiger partial charge in [-0.2, -0.15) is 0 Å². The Morgan fingerprint density at radius 1 is 1.00 bits per heavy atom. The van der Waals surface area contributed by atoms with Crippen LogP contribution >= 0.6 is 23.2 Å². The van der Waals surface area contributed by atoms with Crippen molar-refractivity contribution in [1.82, 2.24) is 15.2 Å². The Labute approximate surface area is 279 Å². The van der Waals surface area contributed by atoms with Gasteiger partial charge in [-0.25, -0.2) is 0 Å². The number of hydrogen-bond donors (Lipinski definition) is 6. The standard InChI is InChI=1S/C34H43Cl2N3O7/c1-39(19-28(41)32(44)33(45)29(42)20-40)31(43)10-6-3-7-21-15-27(36)22(16-26(21)35)17-38-34(12-13-34)25-18-37-14-11-23(25)24-8-4-5-9-30(24)46-2/h4-5,8-9,11,14-16,18,28-29,32-33,38,40-42,44-45H,3,6-7,10,12-13,17,19-20H2,1-2H3. The van der Waals surface area contributed by atoms with E-state index in [0.717, 1.165) is 46.4 Å². The molecule has 1 aliphatic rings. The first-order valence-corrected chi connectivity index (χ1v) is 16.1. The number of ether oxygens (including phenoxy) is 1. The smallest absolute Gasteiger partial charge is 0.222 e. The SMILES string of the molecule is COc1ccccc1-c1ccncc1C1(NCc2cc(Cl)c(CCCCC(=O)N(C)CC(O)C(O)C(O)C(O)CO)cc2Cl)CC1. The molecule has 0 bridgehead atoms. The number of likely N-dealkylation sites (N-methyl/N-ethyl adjacent to an activating group) is 1. The number of carbonyl (C=O) groups is 1. The van der Waals surface area contributed by atoms with Crippen LogP contribution in [0.4, 0.5) is 0 Å². The minimum Gasteiger partial charge on any atom is -0.496 e. The summed E-state index contributed by atoms with van der Waals surface area (Å²) in [5.74, 6) is 0.559. The third-order valence-corrected chi connectivity index (χ3v) is 9.32. The van der Waals surface area contributed by atoms with E-state index in [-0.39, 0.29) is 24.4 Å². The minimum absolute atomic E-state index is 0.210. The molecule has 0 spiro atoms. The quantitative estimate of drug-likeness (QED) is 0.118. The summed E-state index contributed by atoms with van der Waals surface area (Å²) in [5.41, 5.74) is 4.75. The Morgan fingerprint density at radius 2 is 1.67 bits per heavy atom. The second kappa shape index (κ2) is 16.3. The molecule has 10 nitrogen and oxygen atoms in total. The summed E-state index contributed by atoms with van der Waals surface area (Å²) in [6.45, 7) is -0.486. The zero-order valence-electron chi connectivity index (χ0n) is 26.1. The number of aliphatic hydroxyl groups excluding tert-OH is 5. The summed E-state index contributed by atoms with van der Waals surface area (Å²) in [6.07, 6.45) is 1.16. The lowest BCUT2D eigenvalue weighted by Crippen LogP contribution is -2.49. The number of aryl methyl sites for hydroxylation is 1. The molecule has 46 heavy (non-hydrogen) atoms. The molecule has 12 heteroatoms. The summed E-state index contributed by atoms with van der Waals surface area (Å²) in [5, 5.41) is 53.2. The molecule has 0 radical (unpaired) electrons. The number of pyridine rings is 1. The average molecular weight is 677 g/mol. The molecule has 4 unspecified atom stereocenters. The number of methoxy groups -OCH3 is 1. The van der Waals surface area contributed by atoms with E-state index in [1.165, 1.54) is 11.9 Å². The number of aliphatic hydroxyl groups is 5. The lowest BCUT2D eigenvalue weighted by atomic mass is 9.94. The van der Waals surface area contributed by atoms with Gasteiger partial charge in [-0.1, -0.05) is 41.4 Å². The minimum atomic E-state index is -1.74. The van der Waals surface area contributed by atoms with Crippen LogP contribution in [0.1, 0.15) is 48.8 Å². The molecule has 2 aromatic carbocycles. The zero-order valence-corrected chi connectivity index (χ0v) is 27.6. The van der Waals surface area contributed by atoms with E-state index < -0.39 is 31.0 Å². The summed E-state index contributed by atoms with van der Waals surface area (Å²) in [7, 11) is 3.15. The Bertz CT molecular complexity index is 1470. The highest BCUT2D eigenvalue weighted by Crippen LogP contribution is 2.50. The number of nitrogens with one attached hydrogen (secondary N) is 1. The molecule has 1 saturated carbocycles. The van der Waals surface area contributed by atoms with Crippen LogP contribution in [0.2, 0.25) is 10.0 Å². The Morgan fingerprint density at radius 3 is 2.37 bits per heavy atom. The van der Waals surface area contributed by atoms with Gasteiger partial charge < -0.3 is 40.5 Å². The third kappa shape index (κ3) is 8.76. The molecule has 250 valence electrons. The molecule has 1 amide bonds. The highest BCUT2D eigenvalue weighted by molar-refractivity contribution is 6.34. The van der Waals surface area contributed by atoms with Crippen molar-refractivity contribution >= 4 is 29.1 Å². The van der Waals surface area contributed by atoms with Crippen molar-refractivity contribution in [2.24, 2.45) is 0 Å². The summed E-state index contributed by atoms with van der Waals surface area (Å²) in [6, 6.07) is 13.7. The van der Waals surface area contributed by atoms with Crippen molar-refractivity contribution in [3.8, 4) is 16.9 Å². The van der Waals surface area contributed by atoms with E-state index in [0.29, 0.717) is 35.9 Å². The van der Waals surface area contributed by atoms with Crippen molar-refractivity contribution in [3.05, 3.63) is 81.6 Å². The fourth-order valence-corrected chi connectivity index (χ4v) is 6.13. The maximum atomic E-state index is 12.5. The highest BCUT2D eigenvalue weighted by atomic mass is 35.5. The summed E-state index contributed by atoms with van der Waals surface area (Å²) < 4.78 is 5.62. The monoisotopic (exact) mass is 675 g/mol. The lowest BCUT2D eigenvalue weighted by Gasteiger charge is -2.28. The zero-order chi connectivity index (χ0) is 33.4. The van der Waals surface area contributed by atoms with Crippen LogP contribution in [-0.2, 0) is 23.3 Å². The number of aromatic nitrogens is 1. The molecular formula is C34H43Cl2N3O7. The number of hydrogen-bond acceptors (Lipinski definition) is 9. The van der Waals surface area contributed by atoms with Crippen LogP contribution in [0.3, 0.4) is 0 Å². The van der Waals surface area contributed by atoms with Crippen molar-refractivity contribution in [1.29, 1.82) is 0 Å². The normalized spacial score (nSPS) is 16.4. The van der Waals surface area contributed by atoms with Gasteiger partial charge in [0, 0.05) is 60.1 Å². The fraction of sp³-hybridized carbons (Fsp3) is 0.471. The van der Waals surface area contributed by atoms with Crippen molar-refractivity contribution in [2.75, 3.05) is 27.3 Å². The number of amides is 1. The predicted molar refractivity (Wildman–Crippen MR) is 177 cm³/mol. The van der Waals surface area contributed by atoms with E-state index in [1.54, 1.807) is 13.3 Å². The molecule has 0 saturated heterocycles. The number of carbonyl (C=O) groups excluding carboxylic acids is 1. The van der Waals surface area contributed by atoms with Gasteiger partial charge in [-0.05, 0) is 78.6 Å². The molecule has 0 aliphatic heterocycles. The van der Waals surface area contributed by atoms with Gasteiger partial charge in [0.25, 0.3) is 0 Å². The van der Waals surface area contributed by atoms with Crippen LogP contribution < -0.4 is 10.1 Å². The topological polar surface area (TPSA) is 156 Å². The van der Waals surface area contributed by atoms with Gasteiger partial charge in [-0.3, -0.25) is 9.78 Å². The van der Waals surface area contributed by atoms with E-state index in [2.05, 4.69) is 10.3 Å². The molecule has 1 aromatic heterocycles. The predicted octanol–water partition coefficient (Wildman–Crippen LogP) is 3.45. The molecular weight excluding hydrogens is 633 g/mol. The van der Waals surface area contributed by atoms with Gasteiger partial charge in [0.1, 0.15) is 30.2 Å². The van der Waals surface area contributed by atoms with E-state index in [1.807, 2.05) is 48.7 Å².